The van der Waals surface area contributed by atoms with E-state index in [9.17, 15) is 14.4 Å². The fourth-order valence-corrected chi connectivity index (χ4v) is 3.24. The summed E-state index contributed by atoms with van der Waals surface area (Å²) in [6.07, 6.45) is 1.54. The summed E-state index contributed by atoms with van der Waals surface area (Å²) in [6.45, 7) is 6.71. The van der Waals surface area contributed by atoms with Gasteiger partial charge in [-0.05, 0) is 62.7 Å². The Kier molecular flexibility index (Phi) is 4.85. The average Bonchev–Trinajstić information content (AvgIpc) is 2.91. The number of barbiturate groups is 1. The van der Waals surface area contributed by atoms with Gasteiger partial charge in [0.15, 0.2) is 0 Å². The zero-order valence-corrected chi connectivity index (χ0v) is 15.7. The number of aryl methyl sites for hydroxylation is 1. The third kappa shape index (κ3) is 3.23. The quantitative estimate of drug-likeness (QED) is 0.666. The van der Waals surface area contributed by atoms with E-state index in [1.54, 1.807) is 24.3 Å². The van der Waals surface area contributed by atoms with Gasteiger partial charge in [-0.15, -0.1) is 0 Å². The van der Waals surface area contributed by atoms with Gasteiger partial charge in [-0.1, -0.05) is 0 Å². The molecule has 7 heteroatoms. The topological polar surface area (TPSA) is 80.6 Å². The van der Waals surface area contributed by atoms with Crippen LogP contribution in [-0.2, 0) is 16.1 Å². The molecule has 2 heterocycles. The molecule has 0 bridgehead atoms. The standard InChI is InChI=1S/C20H21N3O4/c1-5-22-12(2)10-14(13(22)3)11-17-18(24)21-20(26)23(19(17)25)15-6-8-16(27-4)9-7-15/h6-11H,5H2,1-4H3,(H,21,24,26)/b17-11-. The summed E-state index contributed by atoms with van der Waals surface area (Å²) in [7, 11) is 1.53. The van der Waals surface area contributed by atoms with Crippen LogP contribution in [0.3, 0.4) is 0 Å². The molecule has 1 fully saturated rings. The minimum atomic E-state index is -0.772. The number of methoxy groups -OCH3 is 1. The SMILES string of the molecule is CCn1c(C)cc(/C=C2/C(=O)NC(=O)N(c3ccc(OC)cc3)C2=O)c1C. The Morgan fingerprint density at radius 1 is 1.11 bits per heavy atom. The lowest BCUT2D eigenvalue weighted by Gasteiger charge is -2.26. The maximum atomic E-state index is 12.9. The second-order valence-corrected chi connectivity index (χ2v) is 6.23. The zero-order valence-electron chi connectivity index (χ0n) is 15.7. The van der Waals surface area contributed by atoms with Gasteiger partial charge in [0.05, 0.1) is 12.8 Å². The van der Waals surface area contributed by atoms with E-state index in [1.807, 2.05) is 26.8 Å². The summed E-state index contributed by atoms with van der Waals surface area (Å²) in [5.74, 6) is -0.756. The van der Waals surface area contributed by atoms with Crippen molar-refractivity contribution in [2.45, 2.75) is 27.3 Å². The first kappa shape index (κ1) is 18.4. The molecule has 0 unspecified atom stereocenters. The second-order valence-electron chi connectivity index (χ2n) is 6.23. The van der Waals surface area contributed by atoms with Crippen molar-refractivity contribution in [3.63, 3.8) is 0 Å². The Bertz CT molecular complexity index is 954. The third-order valence-electron chi connectivity index (χ3n) is 4.66. The lowest BCUT2D eigenvalue weighted by molar-refractivity contribution is -0.122. The number of rotatable bonds is 4. The van der Waals surface area contributed by atoms with Gasteiger partial charge >= 0.3 is 6.03 Å². The molecular weight excluding hydrogens is 346 g/mol. The smallest absolute Gasteiger partial charge is 0.335 e. The van der Waals surface area contributed by atoms with E-state index < -0.39 is 17.8 Å². The van der Waals surface area contributed by atoms with Crippen molar-refractivity contribution < 1.29 is 19.1 Å². The van der Waals surface area contributed by atoms with Crippen LogP contribution in [-0.4, -0.2) is 29.5 Å². The van der Waals surface area contributed by atoms with Crippen LogP contribution in [0.1, 0.15) is 23.9 Å². The number of nitrogens with one attached hydrogen (secondary N) is 1. The lowest BCUT2D eigenvalue weighted by Crippen LogP contribution is -2.54. The van der Waals surface area contributed by atoms with Gasteiger partial charge in [-0.25, -0.2) is 9.69 Å². The Morgan fingerprint density at radius 2 is 1.78 bits per heavy atom. The highest BCUT2D eigenvalue weighted by Crippen LogP contribution is 2.25. The molecule has 0 atom stereocenters. The molecule has 2 aromatic rings. The predicted octanol–water partition coefficient (Wildman–Crippen LogP) is 2.80. The highest BCUT2D eigenvalue weighted by atomic mass is 16.5. The van der Waals surface area contributed by atoms with Gasteiger partial charge in [0, 0.05) is 17.9 Å². The van der Waals surface area contributed by atoms with E-state index in [1.165, 1.54) is 13.2 Å². The number of hydrogen-bond donors (Lipinski definition) is 1. The Morgan fingerprint density at radius 3 is 2.33 bits per heavy atom. The molecule has 0 radical (unpaired) electrons. The Hall–Kier alpha value is -3.35. The van der Waals surface area contributed by atoms with E-state index >= 15 is 0 Å². The van der Waals surface area contributed by atoms with Gasteiger partial charge in [0.1, 0.15) is 11.3 Å². The number of imide groups is 2. The molecule has 1 aliphatic rings. The van der Waals surface area contributed by atoms with E-state index in [4.69, 9.17) is 4.74 Å². The van der Waals surface area contributed by atoms with Crippen molar-refractivity contribution in [2.24, 2.45) is 0 Å². The van der Waals surface area contributed by atoms with Crippen LogP contribution in [0.4, 0.5) is 10.5 Å². The Labute approximate surface area is 157 Å². The van der Waals surface area contributed by atoms with Gasteiger partial charge in [0.2, 0.25) is 0 Å². The Balaban J connectivity index is 2.02. The lowest BCUT2D eigenvalue weighted by atomic mass is 10.1. The number of anilines is 1. The number of carbonyl (C=O) groups excluding carboxylic acids is 3. The summed E-state index contributed by atoms with van der Waals surface area (Å²) in [4.78, 5) is 38.4. The van der Waals surface area contributed by atoms with Crippen molar-refractivity contribution in [2.75, 3.05) is 12.0 Å². The number of ether oxygens (including phenoxy) is 1. The summed E-state index contributed by atoms with van der Waals surface area (Å²) in [6, 6.07) is 7.61. The van der Waals surface area contributed by atoms with Crippen molar-refractivity contribution >= 4 is 29.6 Å². The molecule has 1 aliphatic heterocycles. The summed E-state index contributed by atoms with van der Waals surface area (Å²) >= 11 is 0. The maximum Gasteiger partial charge on any atom is 0.335 e. The molecule has 7 nitrogen and oxygen atoms in total. The van der Waals surface area contributed by atoms with E-state index in [-0.39, 0.29) is 5.57 Å². The molecule has 0 saturated carbocycles. The molecular formula is C20H21N3O4. The predicted molar refractivity (Wildman–Crippen MR) is 102 cm³/mol. The number of urea groups is 1. The largest absolute Gasteiger partial charge is 0.497 e. The number of carbonyl (C=O) groups is 3. The molecule has 0 aliphatic carbocycles. The van der Waals surface area contributed by atoms with Crippen molar-refractivity contribution in [1.29, 1.82) is 0 Å². The highest BCUT2D eigenvalue weighted by molar-refractivity contribution is 6.39. The second kappa shape index (κ2) is 7.11. The molecule has 1 N–H and O–H groups in total. The number of aromatic nitrogens is 1. The zero-order chi connectivity index (χ0) is 19.7. The fourth-order valence-electron chi connectivity index (χ4n) is 3.24. The molecule has 27 heavy (non-hydrogen) atoms. The minimum Gasteiger partial charge on any atom is -0.497 e. The van der Waals surface area contributed by atoms with Crippen LogP contribution < -0.4 is 15.0 Å². The fraction of sp³-hybridized carbons (Fsp3) is 0.250. The molecule has 1 saturated heterocycles. The van der Waals surface area contributed by atoms with Crippen LogP contribution in [0.2, 0.25) is 0 Å². The van der Waals surface area contributed by atoms with Crippen LogP contribution in [0.15, 0.2) is 35.9 Å². The van der Waals surface area contributed by atoms with Crippen molar-refractivity contribution in [1.82, 2.24) is 9.88 Å². The molecule has 3 rings (SSSR count). The molecule has 4 amide bonds. The normalized spacial score (nSPS) is 16.1. The van der Waals surface area contributed by atoms with Crippen LogP contribution >= 0.6 is 0 Å². The molecule has 140 valence electrons. The number of nitrogens with zero attached hydrogens (tertiary/aromatic N) is 2. The summed E-state index contributed by atoms with van der Waals surface area (Å²) in [5.41, 5.74) is 3.04. The van der Waals surface area contributed by atoms with Gasteiger partial charge < -0.3 is 9.30 Å². The van der Waals surface area contributed by atoms with Crippen LogP contribution in [0, 0.1) is 13.8 Å². The molecule has 1 aromatic heterocycles. The maximum absolute atomic E-state index is 12.9. The first-order chi connectivity index (χ1) is 12.9. The number of amides is 4. The first-order valence-electron chi connectivity index (χ1n) is 8.59. The van der Waals surface area contributed by atoms with Gasteiger partial charge in [0.25, 0.3) is 11.8 Å². The van der Waals surface area contributed by atoms with E-state index in [0.717, 1.165) is 28.4 Å². The van der Waals surface area contributed by atoms with E-state index in [2.05, 4.69) is 9.88 Å². The third-order valence-corrected chi connectivity index (χ3v) is 4.66. The average molecular weight is 367 g/mol. The monoisotopic (exact) mass is 367 g/mol. The highest BCUT2D eigenvalue weighted by Gasteiger charge is 2.37. The van der Waals surface area contributed by atoms with Gasteiger partial charge in [-0.2, -0.15) is 0 Å². The minimum absolute atomic E-state index is 0.0817. The molecule has 1 aromatic carbocycles. The summed E-state index contributed by atoms with van der Waals surface area (Å²) < 4.78 is 7.18. The number of benzene rings is 1. The van der Waals surface area contributed by atoms with Gasteiger partial charge in [-0.3, -0.25) is 14.9 Å². The molecule has 0 spiro atoms. The van der Waals surface area contributed by atoms with Crippen LogP contribution in [0.5, 0.6) is 5.75 Å². The first-order valence-corrected chi connectivity index (χ1v) is 8.59. The van der Waals surface area contributed by atoms with Crippen molar-refractivity contribution in [3.05, 3.63) is 52.9 Å². The summed E-state index contributed by atoms with van der Waals surface area (Å²) in [5, 5.41) is 2.23. The number of hydrogen-bond acceptors (Lipinski definition) is 4. The van der Waals surface area contributed by atoms with Crippen LogP contribution in [0.25, 0.3) is 6.08 Å². The van der Waals surface area contributed by atoms with E-state index in [0.29, 0.717) is 11.4 Å². The van der Waals surface area contributed by atoms with Crippen molar-refractivity contribution in [3.8, 4) is 5.75 Å².